The van der Waals surface area contributed by atoms with Gasteiger partial charge in [0.2, 0.25) is 0 Å². The van der Waals surface area contributed by atoms with Crippen LogP contribution in [0.15, 0.2) is 47.6 Å². The molecule has 0 saturated heterocycles. The molecule has 3 fully saturated rings. The molecule has 1 aromatic carbocycles. The van der Waals surface area contributed by atoms with E-state index in [1.165, 1.54) is 12.1 Å². The summed E-state index contributed by atoms with van der Waals surface area (Å²) in [4.78, 5) is 36.3. The summed E-state index contributed by atoms with van der Waals surface area (Å²) in [6.45, 7) is 0.623. The minimum Gasteiger partial charge on any atom is -0.350 e. The summed E-state index contributed by atoms with van der Waals surface area (Å²) in [5, 5.41) is 10.3. The molecule has 4 aliphatic rings. The highest BCUT2D eigenvalue weighted by Crippen LogP contribution is 2.53. The van der Waals surface area contributed by atoms with Gasteiger partial charge in [0.1, 0.15) is 23.1 Å². The number of amides is 1. The molecule has 210 valence electrons. The van der Waals surface area contributed by atoms with E-state index in [0.717, 1.165) is 56.7 Å². The van der Waals surface area contributed by atoms with Crippen LogP contribution < -0.4 is 5.32 Å². The monoisotopic (exact) mass is 555 g/mol. The Morgan fingerprint density at radius 1 is 1.07 bits per heavy atom. The molecular weight excluding hydrogens is 524 g/mol. The van der Waals surface area contributed by atoms with E-state index < -0.39 is 23.5 Å². The van der Waals surface area contributed by atoms with E-state index in [4.69, 9.17) is 4.99 Å². The van der Waals surface area contributed by atoms with Crippen molar-refractivity contribution >= 4 is 29.3 Å². The lowest BCUT2D eigenvalue weighted by molar-refractivity contribution is -0.124. The number of aromatic amines is 1. The van der Waals surface area contributed by atoms with Gasteiger partial charge in [-0.15, -0.1) is 0 Å². The average Bonchev–Trinajstić information content (AvgIpc) is 3.52. The molecule has 1 amide bonds. The largest absolute Gasteiger partial charge is 0.350 e. The van der Waals surface area contributed by atoms with Crippen molar-refractivity contribution in [3.8, 4) is 11.1 Å². The van der Waals surface area contributed by atoms with Crippen molar-refractivity contribution in [2.24, 2.45) is 22.2 Å². The van der Waals surface area contributed by atoms with E-state index in [0.29, 0.717) is 52.8 Å². The van der Waals surface area contributed by atoms with Crippen molar-refractivity contribution in [2.45, 2.75) is 57.3 Å². The van der Waals surface area contributed by atoms with Crippen LogP contribution in [0.25, 0.3) is 17.2 Å². The van der Waals surface area contributed by atoms with Crippen LogP contribution in [0.2, 0.25) is 0 Å². The Labute approximate surface area is 236 Å². The van der Waals surface area contributed by atoms with Gasteiger partial charge in [0, 0.05) is 48.0 Å². The van der Waals surface area contributed by atoms with Crippen molar-refractivity contribution in [1.82, 2.24) is 20.5 Å². The van der Waals surface area contributed by atoms with Gasteiger partial charge in [-0.25, -0.2) is 13.8 Å². The quantitative estimate of drug-likeness (QED) is 0.372. The first-order valence-electron chi connectivity index (χ1n) is 14.4. The molecule has 1 spiro atoms. The zero-order valence-electron chi connectivity index (χ0n) is 22.6. The summed E-state index contributed by atoms with van der Waals surface area (Å²) in [7, 11) is 0. The average molecular weight is 556 g/mol. The molecule has 3 aromatic rings. The van der Waals surface area contributed by atoms with Crippen LogP contribution in [0.3, 0.4) is 0 Å². The number of carbonyl (C=O) groups is 2. The van der Waals surface area contributed by atoms with Crippen molar-refractivity contribution in [3.05, 3.63) is 71.2 Å². The molecule has 0 radical (unpaired) electrons. The number of nitrogens with one attached hydrogen (secondary N) is 2. The summed E-state index contributed by atoms with van der Waals surface area (Å²) in [6.07, 6.45) is 13.2. The Morgan fingerprint density at radius 3 is 2.56 bits per heavy atom. The fraction of sp³-hybridized carbons (Fsp3) is 0.406. The van der Waals surface area contributed by atoms with Crippen molar-refractivity contribution in [2.75, 3.05) is 6.54 Å². The second-order valence-electron chi connectivity index (χ2n) is 12.1. The first-order valence-corrected chi connectivity index (χ1v) is 14.4. The van der Waals surface area contributed by atoms with Gasteiger partial charge in [-0.1, -0.05) is 25.0 Å². The molecule has 41 heavy (non-hydrogen) atoms. The first-order chi connectivity index (χ1) is 19.9. The van der Waals surface area contributed by atoms with Gasteiger partial charge in [-0.05, 0) is 73.3 Å². The number of H-pyrrole nitrogens is 1. The second kappa shape index (κ2) is 10.1. The SMILES string of the molecule is O=C(NCC1CC1)c1[nH]nc2c1C(/C=C/c1ccc(-c3cc(F)cc(F)c3)cn1)C1C(=O)CC3(CCCC3)CC1=N2. The second-order valence-corrected chi connectivity index (χ2v) is 12.1. The number of ketones is 1. The number of allylic oxidation sites excluding steroid dienone is 1. The lowest BCUT2D eigenvalue weighted by Crippen LogP contribution is -2.43. The van der Waals surface area contributed by atoms with Crippen LogP contribution in [0.1, 0.15) is 79.0 Å². The molecule has 2 atom stereocenters. The van der Waals surface area contributed by atoms with Crippen molar-refractivity contribution in [3.63, 3.8) is 0 Å². The Hall–Kier alpha value is -4.01. The maximum absolute atomic E-state index is 13.8. The molecule has 9 heteroatoms. The number of fused-ring (bicyclic) bond motifs is 2. The third kappa shape index (κ3) is 5.02. The van der Waals surface area contributed by atoms with Gasteiger partial charge in [-0.3, -0.25) is 19.7 Å². The van der Waals surface area contributed by atoms with Crippen molar-refractivity contribution < 1.29 is 18.4 Å². The Balaban J connectivity index is 1.22. The number of carbonyl (C=O) groups excluding carboxylic acids is 2. The molecule has 7 nitrogen and oxygen atoms in total. The van der Waals surface area contributed by atoms with Gasteiger partial charge in [0.05, 0.1) is 11.6 Å². The number of halogens is 2. The minimum atomic E-state index is -0.650. The highest BCUT2D eigenvalue weighted by Gasteiger charge is 2.50. The fourth-order valence-corrected chi connectivity index (χ4v) is 6.89. The van der Waals surface area contributed by atoms with E-state index in [-0.39, 0.29) is 17.1 Å². The Morgan fingerprint density at radius 2 is 1.85 bits per heavy atom. The van der Waals surface area contributed by atoms with E-state index in [1.54, 1.807) is 18.3 Å². The number of hydrogen-bond donors (Lipinski definition) is 2. The highest BCUT2D eigenvalue weighted by atomic mass is 19.1. The standard InChI is InChI=1S/C32H31F2N5O2/c33-21-11-20(12-22(34)13-21)19-5-6-23(35-17-19)7-8-24-27-25(14-32(15-26(27)40)9-1-2-10-32)37-30-28(24)29(38-39-30)31(41)36-16-18-3-4-18/h5-8,11-13,17-18,24,27H,1-4,9-10,14-16H2,(H,36,41)(H,38,39)/b8-7+. The number of benzene rings is 1. The zero-order valence-corrected chi connectivity index (χ0v) is 22.6. The van der Waals surface area contributed by atoms with Gasteiger partial charge in [0.15, 0.2) is 5.82 Å². The number of rotatable bonds is 6. The molecule has 2 N–H and O–H groups in total. The van der Waals surface area contributed by atoms with Crippen LogP contribution in [0, 0.1) is 28.9 Å². The topological polar surface area (TPSA) is 100 Å². The molecule has 0 bridgehead atoms. The number of Topliss-reactive ketones (excluding diaryl/α,β-unsaturated/α-hetero) is 1. The van der Waals surface area contributed by atoms with Crippen LogP contribution in [0.4, 0.5) is 14.6 Å². The molecule has 3 heterocycles. The summed E-state index contributed by atoms with van der Waals surface area (Å²) in [5.74, 6) is -1.23. The number of nitrogens with zero attached hydrogens (tertiary/aromatic N) is 3. The van der Waals surface area contributed by atoms with E-state index in [9.17, 15) is 18.4 Å². The third-order valence-corrected chi connectivity index (χ3v) is 9.13. The Bertz CT molecular complexity index is 1560. The van der Waals surface area contributed by atoms with Crippen LogP contribution in [0.5, 0.6) is 0 Å². The molecule has 3 saturated carbocycles. The highest BCUT2D eigenvalue weighted by molar-refractivity contribution is 6.11. The van der Waals surface area contributed by atoms with E-state index >= 15 is 0 Å². The summed E-state index contributed by atoms with van der Waals surface area (Å²) in [5.41, 5.74) is 3.45. The smallest absolute Gasteiger partial charge is 0.269 e. The number of aromatic nitrogens is 3. The summed E-state index contributed by atoms with van der Waals surface area (Å²) < 4.78 is 27.4. The molecule has 2 aromatic heterocycles. The maximum atomic E-state index is 13.8. The van der Waals surface area contributed by atoms with Gasteiger partial charge in [-0.2, -0.15) is 5.10 Å². The number of aliphatic imine (C=N–C) groups is 1. The number of hydrogen-bond acceptors (Lipinski definition) is 5. The summed E-state index contributed by atoms with van der Waals surface area (Å²) in [6, 6.07) is 6.88. The molecule has 2 unspecified atom stereocenters. The third-order valence-electron chi connectivity index (χ3n) is 9.13. The zero-order chi connectivity index (χ0) is 28.1. The predicted molar refractivity (Wildman–Crippen MR) is 151 cm³/mol. The molecule has 1 aliphatic heterocycles. The van der Waals surface area contributed by atoms with Gasteiger partial charge >= 0.3 is 0 Å². The van der Waals surface area contributed by atoms with E-state index in [1.807, 2.05) is 12.2 Å². The van der Waals surface area contributed by atoms with Crippen LogP contribution in [-0.4, -0.2) is 39.1 Å². The van der Waals surface area contributed by atoms with E-state index in [2.05, 4.69) is 20.5 Å². The Kier molecular flexibility index (Phi) is 6.40. The van der Waals surface area contributed by atoms with Crippen LogP contribution >= 0.6 is 0 Å². The van der Waals surface area contributed by atoms with Crippen molar-refractivity contribution in [1.29, 1.82) is 0 Å². The summed E-state index contributed by atoms with van der Waals surface area (Å²) >= 11 is 0. The maximum Gasteiger partial charge on any atom is 0.269 e. The molecular formula is C32H31F2N5O2. The minimum absolute atomic E-state index is 0.00721. The molecule has 3 aliphatic carbocycles. The van der Waals surface area contributed by atoms with Gasteiger partial charge < -0.3 is 5.32 Å². The lowest BCUT2D eigenvalue weighted by atomic mass is 9.63. The van der Waals surface area contributed by atoms with Crippen LogP contribution in [-0.2, 0) is 4.79 Å². The predicted octanol–water partition coefficient (Wildman–Crippen LogP) is 6.31. The molecule has 7 rings (SSSR count). The number of pyridine rings is 1. The van der Waals surface area contributed by atoms with Gasteiger partial charge in [0.25, 0.3) is 5.91 Å². The lowest BCUT2D eigenvalue weighted by Gasteiger charge is -2.41. The fourth-order valence-electron chi connectivity index (χ4n) is 6.89. The first kappa shape index (κ1) is 25.9. The normalized spacial score (nSPS) is 23.0.